The number of hydrogen-bond donors (Lipinski definition) is 0. The molecule has 90 valence electrons. The largest absolute Gasteiger partial charge is 0.442 e. The zero-order chi connectivity index (χ0) is 12.6. The van der Waals surface area contributed by atoms with Gasteiger partial charge in [-0.05, 0) is 33.8 Å². The number of fused-ring (bicyclic) bond motifs is 1. The molecule has 0 aliphatic rings. The minimum absolute atomic E-state index is 0.471. The van der Waals surface area contributed by atoms with E-state index in [1.54, 1.807) is 18.5 Å². The molecule has 0 amide bonds. The number of ether oxygens (including phenoxy) is 1. The number of carbonyl (C=O) groups excluding carboxylic acids is 1. The third-order valence-corrected chi connectivity index (χ3v) is 2.23. The molecule has 0 spiro atoms. The van der Waals surface area contributed by atoms with E-state index in [-0.39, 0.29) is 0 Å². The van der Waals surface area contributed by atoms with Gasteiger partial charge in [0, 0.05) is 17.8 Å². The molecule has 17 heavy (non-hydrogen) atoms. The number of aryl methyl sites for hydroxylation is 1. The number of rotatable bonds is 0. The Bertz CT molecular complexity index is 567. The highest BCUT2D eigenvalue weighted by atomic mass is 16.6. The van der Waals surface area contributed by atoms with Gasteiger partial charge in [0.05, 0.1) is 11.2 Å². The predicted molar refractivity (Wildman–Crippen MR) is 63.9 cm³/mol. The molecule has 0 bridgehead atoms. The number of carbonyl (C=O) groups is 1. The lowest BCUT2D eigenvalue weighted by atomic mass is 10.2. The molecule has 2 heterocycles. The van der Waals surface area contributed by atoms with E-state index in [4.69, 9.17) is 4.74 Å². The first-order valence-corrected chi connectivity index (χ1v) is 5.41. The van der Waals surface area contributed by atoms with Gasteiger partial charge >= 0.3 is 6.09 Å². The lowest BCUT2D eigenvalue weighted by molar-refractivity contribution is 0.0522. The molecule has 0 saturated heterocycles. The van der Waals surface area contributed by atoms with E-state index >= 15 is 0 Å². The van der Waals surface area contributed by atoms with Gasteiger partial charge in [0.1, 0.15) is 5.60 Å². The second-order valence-electron chi connectivity index (χ2n) is 4.87. The summed E-state index contributed by atoms with van der Waals surface area (Å²) in [6.45, 7) is 7.31. The fourth-order valence-electron chi connectivity index (χ4n) is 1.55. The van der Waals surface area contributed by atoms with Gasteiger partial charge in [-0.15, -0.1) is 0 Å². The number of pyridine rings is 1. The summed E-state index contributed by atoms with van der Waals surface area (Å²) in [5, 5.41) is 5.04. The predicted octanol–water partition coefficient (Wildman–Crippen LogP) is 2.52. The van der Waals surface area contributed by atoms with Crippen LogP contribution in [0, 0.1) is 6.92 Å². The highest BCUT2D eigenvalue weighted by molar-refractivity contribution is 5.88. The average molecular weight is 233 g/mol. The van der Waals surface area contributed by atoms with Crippen molar-refractivity contribution in [1.82, 2.24) is 14.8 Å². The Morgan fingerprint density at radius 1 is 1.41 bits per heavy atom. The lowest BCUT2D eigenvalue weighted by Crippen LogP contribution is -2.27. The summed E-state index contributed by atoms with van der Waals surface area (Å²) >= 11 is 0. The SMILES string of the molecule is Cc1nn(C(=O)OC(C)(C)C)c2ccncc12. The lowest BCUT2D eigenvalue weighted by Gasteiger charge is -2.19. The third kappa shape index (κ3) is 2.27. The maximum atomic E-state index is 11.9. The molecule has 0 aliphatic heterocycles. The highest BCUT2D eigenvalue weighted by Crippen LogP contribution is 2.18. The van der Waals surface area contributed by atoms with E-state index in [0.717, 1.165) is 11.1 Å². The summed E-state index contributed by atoms with van der Waals surface area (Å²) in [5.41, 5.74) is 0.946. The molecule has 0 aliphatic carbocycles. The molecule has 5 heteroatoms. The number of hydrogen-bond acceptors (Lipinski definition) is 4. The molecule has 0 saturated carbocycles. The fraction of sp³-hybridized carbons (Fsp3) is 0.417. The maximum absolute atomic E-state index is 11.9. The second kappa shape index (κ2) is 3.84. The number of aromatic nitrogens is 3. The Labute approximate surface area is 99.4 Å². The van der Waals surface area contributed by atoms with Crippen molar-refractivity contribution in [2.75, 3.05) is 0 Å². The molecule has 2 aromatic rings. The molecule has 0 unspecified atom stereocenters. The van der Waals surface area contributed by atoms with Crippen LogP contribution in [0.25, 0.3) is 10.9 Å². The molecule has 5 nitrogen and oxygen atoms in total. The Hall–Kier alpha value is -1.91. The standard InChI is InChI=1S/C12H15N3O2/c1-8-9-7-13-6-5-10(9)15(14-8)11(16)17-12(2,3)4/h5-7H,1-4H3. The van der Waals surface area contributed by atoms with E-state index in [9.17, 15) is 4.79 Å². The van der Waals surface area contributed by atoms with E-state index in [2.05, 4.69) is 10.1 Å². The molecule has 2 rings (SSSR count). The van der Waals surface area contributed by atoms with Crippen molar-refractivity contribution >= 4 is 17.0 Å². The minimum Gasteiger partial charge on any atom is -0.442 e. The summed E-state index contributed by atoms with van der Waals surface area (Å²) in [5.74, 6) is 0. The first-order valence-electron chi connectivity index (χ1n) is 5.41. The molecule has 0 aromatic carbocycles. The van der Waals surface area contributed by atoms with Crippen LogP contribution in [0.3, 0.4) is 0 Å². The van der Waals surface area contributed by atoms with Crippen molar-refractivity contribution < 1.29 is 9.53 Å². The topological polar surface area (TPSA) is 57.0 Å². The monoisotopic (exact) mass is 233 g/mol. The summed E-state index contributed by atoms with van der Waals surface area (Å²) in [7, 11) is 0. The van der Waals surface area contributed by atoms with Crippen LogP contribution in [-0.2, 0) is 4.74 Å². The minimum atomic E-state index is -0.531. The van der Waals surface area contributed by atoms with Gasteiger partial charge in [-0.25, -0.2) is 4.79 Å². The average Bonchev–Trinajstić information content (AvgIpc) is 2.55. The summed E-state index contributed by atoms with van der Waals surface area (Å²) in [6, 6.07) is 1.75. The molecule has 0 N–H and O–H groups in total. The van der Waals surface area contributed by atoms with E-state index < -0.39 is 11.7 Å². The van der Waals surface area contributed by atoms with Crippen molar-refractivity contribution in [3.05, 3.63) is 24.2 Å². The Kier molecular flexibility index (Phi) is 2.61. The molecule has 2 aromatic heterocycles. The molecule has 0 radical (unpaired) electrons. The number of nitrogens with zero attached hydrogens (tertiary/aromatic N) is 3. The first kappa shape index (κ1) is 11.6. The van der Waals surface area contributed by atoms with Crippen molar-refractivity contribution in [3.8, 4) is 0 Å². The molecule has 0 fully saturated rings. The molecular weight excluding hydrogens is 218 g/mol. The summed E-state index contributed by atoms with van der Waals surface area (Å²) < 4.78 is 6.56. The third-order valence-electron chi connectivity index (χ3n) is 2.23. The second-order valence-corrected chi connectivity index (χ2v) is 4.87. The van der Waals surface area contributed by atoms with Gasteiger partial charge in [0.25, 0.3) is 0 Å². The zero-order valence-electron chi connectivity index (χ0n) is 10.4. The fourth-order valence-corrected chi connectivity index (χ4v) is 1.55. The first-order chi connectivity index (χ1) is 7.88. The van der Waals surface area contributed by atoms with Crippen LogP contribution in [0.4, 0.5) is 4.79 Å². The Balaban J connectivity index is 2.46. The van der Waals surface area contributed by atoms with Gasteiger partial charge in [-0.1, -0.05) is 0 Å². The van der Waals surface area contributed by atoms with Gasteiger partial charge < -0.3 is 4.74 Å². The normalized spacial score (nSPS) is 11.8. The van der Waals surface area contributed by atoms with Crippen molar-refractivity contribution in [2.45, 2.75) is 33.3 Å². The van der Waals surface area contributed by atoms with Crippen LogP contribution >= 0.6 is 0 Å². The van der Waals surface area contributed by atoms with Crippen LogP contribution in [0.1, 0.15) is 26.5 Å². The van der Waals surface area contributed by atoms with E-state index in [0.29, 0.717) is 5.52 Å². The molecule has 0 atom stereocenters. The van der Waals surface area contributed by atoms with Crippen molar-refractivity contribution in [1.29, 1.82) is 0 Å². The van der Waals surface area contributed by atoms with E-state index in [1.165, 1.54) is 4.68 Å². The Morgan fingerprint density at radius 3 is 2.76 bits per heavy atom. The Morgan fingerprint density at radius 2 is 2.12 bits per heavy atom. The summed E-state index contributed by atoms with van der Waals surface area (Å²) in [4.78, 5) is 16.0. The van der Waals surface area contributed by atoms with Crippen LogP contribution in [0.2, 0.25) is 0 Å². The van der Waals surface area contributed by atoms with Gasteiger partial charge in [0.2, 0.25) is 0 Å². The van der Waals surface area contributed by atoms with Gasteiger partial charge in [-0.3, -0.25) is 4.98 Å². The van der Waals surface area contributed by atoms with Crippen molar-refractivity contribution in [3.63, 3.8) is 0 Å². The van der Waals surface area contributed by atoms with Crippen LogP contribution in [-0.4, -0.2) is 26.5 Å². The maximum Gasteiger partial charge on any atom is 0.435 e. The van der Waals surface area contributed by atoms with Gasteiger partial charge in [-0.2, -0.15) is 9.78 Å². The molecular formula is C12H15N3O2. The smallest absolute Gasteiger partial charge is 0.435 e. The van der Waals surface area contributed by atoms with Gasteiger partial charge in [0.15, 0.2) is 0 Å². The highest BCUT2D eigenvalue weighted by Gasteiger charge is 2.20. The zero-order valence-corrected chi connectivity index (χ0v) is 10.4. The van der Waals surface area contributed by atoms with Crippen LogP contribution < -0.4 is 0 Å². The van der Waals surface area contributed by atoms with E-state index in [1.807, 2.05) is 27.7 Å². The quantitative estimate of drug-likeness (QED) is 0.701. The van der Waals surface area contributed by atoms with Crippen LogP contribution in [0.15, 0.2) is 18.5 Å². The van der Waals surface area contributed by atoms with Crippen molar-refractivity contribution in [2.24, 2.45) is 0 Å². The summed E-state index contributed by atoms with van der Waals surface area (Å²) in [6.07, 6.45) is 2.85. The van der Waals surface area contributed by atoms with Crippen LogP contribution in [0.5, 0.6) is 0 Å².